The minimum atomic E-state index is -2.99. The molecule has 0 atom stereocenters. The maximum Gasteiger partial charge on any atom is 0.181 e. The highest BCUT2D eigenvalue weighted by molar-refractivity contribution is 7.91. The fourth-order valence-corrected chi connectivity index (χ4v) is 2.60. The van der Waals surface area contributed by atoms with Gasteiger partial charge in [0.05, 0.1) is 5.75 Å². The second-order valence-electron chi connectivity index (χ2n) is 4.44. The lowest BCUT2D eigenvalue weighted by Gasteiger charge is -2.05. The first kappa shape index (κ1) is 14.8. The number of sulfone groups is 1. The van der Waals surface area contributed by atoms with Crippen LogP contribution in [0.4, 0.5) is 0 Å². The molecular weight excluding hydrogens is 250 g/mol. The molecule has 4 nitrogen and oxygen atoms in total. The zero-order valence-corrected chi connectivity index (χ0v) is 11.9. The maximum absolute atomic E-state index is 11.9. The van der Waals surface area contributed by atoms with Crippen LogP contribution >= 0.6 is 0 Å². The van der Waals surface area contributed by atoms with Crippen LogP contribution in [0.15, 0.2) is 12.3 Å². The zero-order chi connectivity index (χ0) is 13.8. The number of carbonyl (C=O) groups is 1. The van der Waals surface area contributed by atoms with E-state index in [-0.39, 0.29) is 23.7 Å². The van der Waals surface area contributed by atoms with Gasteiger partial charge in [-0.1, -0.05) is 13.0 Å². The highest BCUT2D eigenvalue weighted by Gasteiger charge is 2.13. The monoisotopic (exact) mass is 269 g/mol. The predicted octanol–water partition coefficient (Wildman–Crippen LogP) is 2.10. The number of nitrogens with zero attached hydrogens (tertiary/aromatic N) is 1. The second-order valence-corrected chi connectivity index (χ2v) is 6.91. The van der Waals surface area contributed by atoms with Crippen LogP contribution in [0.2, 0.25) is 0 Å². The number of hydrogen-bond donors (Lipinski definition) is 0. The summed E-state index contributed by atoms with van der Waals surface area (Å²) in [6, 6.07) is 1.91. The average molecular weight is 269 g/mol. The Morgan fingerprint density at radius 1 is 1.33 bits per heavy atom. The van der Waals surface area contributed by atoms with E-state index in [1.54, 1.807) is 13.1 Å². The number of ketones is 1. The molecule has 0 radical (unpaired) electrons. The summed E-state index contributed by atoms with van der Waals surface area (Å²) >= 11 is 0. The second kappa shape index (κ2) is 6.09. The molecule has 0 saturated carbocycles. The van der Waals surface area contributed by atoms with Crippen molar-refractivity contribution in [2.24, 2.45) is 0 Å². The number of aromatic nitrogens is 1. The van der Waals surface area contributed by atoms with Gasteiger partial charge in [-0.3, -0.25) is 9.78 Å². The Kier molecular flexibility index (Phi) is 5.02. The van der Waals surface area contributed by atoms with Crippen molar-refractivity contribution in [1.29, 1.82) is 0 Å². The summed E-state index contributed by atoms with van der Waals surface area (Å²) in [6.07, 6.45) is 2.25. The van der Waals surface area contributed by atoms with Crippen molar-refractivity contribution in [1.82, 2.24) is 4.98 Å². The first-order valence-electron chi connectivity index (χ1n) is 6.02. The molecule has 0 aliphatic rings. The van der Waals surface area contributed by atoms with Crippen molar-refractivity contribution in [2.45, 2.75) is 33.6 Å². The predicted molar refractivity (Wildman–Crippen MR) is 71.6 cm³/mol. The SMILES string of the molecule is CCS(=O)(=O)CCCC(=O)c1ncc(C)cc1C. The minimum absolute atomic E-state index is 0.0696. The molecule has 1 aromatic rings. The third-order valence-corrected chi connectivity index (χ3v) is 4.57. The molecule has 0 aromatic carbocycles. The maximum atomic E-state index is 11.9. The van der Waals surface area contributed by atoms with Crippen LogP contribution in [0, 0.1) is 13.8 Å². The highest BCUT2D eigenvalue weighted by Crippen LogP contribution is 2.11. The number of carbonyl (C=O) groups excluding carboxylic acids is 1. The Morgan fingerprint density at radius 2 is 2.00 bits per heavy atom. The van der Waals surface area contributed by atoms with E-state index < -0.39 is 9.84 Å². The third-order valence-electron chi connectivity index (χ3n) is 2.78. The summed E-state index contributed by atoms with van der Waals surface area (Å²) in [6.45, 7) is 5.38. The molecule has 1 heterocycles. The molecule has 18 heavy (non-hydrogen) atoms. The average Bonchev–Trinajstić information content (AvgIpc) is 2.28. The molecular formula is C13H19NO3S. The van der Waals surface area contributed by atoms with Gasteiger partial charge in [0.2, 0.25) is 0 Å². The molecule has 0 spiro atoms. The van der Waals surface area contributed by atoms with Crippen molar-refractivity contribution in [2.75, 3.05) is 11.5 Å². The van der Waals surface area contributed by atoms with Crippen LogP contribution in [0.25, 0.3) is 0 Å². The first-order chi connectivity index (χ1) is 8.35. The molecule has 0 fully saturated rings. The zero-order valence-electron chi connectivity index (χ0n) is 11.1. The molecule has 5 heteroatoms. The van der Waals surface area contributed by atoms with Gasteiger partial charge in [0.25, 0.3) is 0 Å². The van der Waals surface area contributed by atoms with Crippen molar-refractivity contribution < 1.29 is 13.2 Å². The van der Waals surface area contributed by atoms with Gasteiger partial charge in [-0.05, 0) is 31.4 Å². The largest absolute Gasteiger partial charge is 0.292 e. The fraction of sp³-hybridized carbons (Fsp3) is 0.538. The lowest BCUT2D eigenvalue weighted by molar-refractivity contribution is 0.0976. The van der Waals surface area contributed by atoms with Gasteiger partial charge >= 0.3 is 0 Å². The van der Waals surface area contributed by atoms with Crippen LogP contribution in [-0.2, 0) is 9.84 Å². The van der Waals surface area contributed by atoms with Gasteiger partial charge in [-0.15, -0.1) is 0 Å². The summed E-state index contributed by atoms with van der Waals surface area (Å²) in [7, 11) is -2.99. The molecule has 0 aliphatic carbocycles. The topological polar surface area (TPSA) is 64.1 Å². The van der Waals surface area contributed by atoms with Crippen LogP contribution in [0.5, 0.6) is 0 Å². The fourth-order valence-electron chi connectivity index (χ4n) is 1.72. The van der Waals surface area contributed by atoms with E-state index in [0.717, 1.165) is 11.1 Å². The standard InChI is InChI=1S/C13H19NO3S/c1-4-18(16,17)7-5-6-12(15)13-11(3)8-10(2)9-14-13/h8-9H,4-7H2,1-3H3. The molecule has 100 valence electrons. The smallest absolute Gasteiger partial charge is 0.181 e. The molecule has 1 aromatic heterocycles. The Balaban J connectivity index is 2.61. The third kappa shape index (κ3) is 4.22. The highest BCUT2D eigenvalue weighted by atomic mass is 32.2. The van der Waals surface area contributed by atoms with E-state index in [0.29, 0.717) is 12.1 Å². The Bertz CT molecular complexity index is 535. The number of Topliss-reactive ketones (excluding diaryl/α,β-unsaturated/α-hetero) is 1. The normalized spacial score (nSPS) is 11.5. The van der Waals surface area contributed by atoms with E-state index in [1.807, 2.05) is 19.9 Å². The van der Waals surface area contributed by atoms with E-state index >= 15 is 0 Å². The minimum Gasteiger partial charge on any atom is -0.292 e. The summed E-state index contributed by atoms with van der Waals surface area (Å²) < 4.78 is 22.6. The van der Waals surface area contributed by atoms with Gasteiger partial charge < -0.3 is 0 Å². The van der Waals surface area contributed by atoms with Crippen LogP contribution in [0.3, 0.4) is 0 Å². The number of rotatable bonds is 6. The molecule has 0 amide bonds. The lowest BCUT2D eigenvalue weighted by Crippen LogP contribution is -2.11. The molecule has 1 rings (SSSR count). The molecule has 0 bridgehead atoms. The Labute approximate surface area is 108 Å². The van der Waals surface area contributed by atoms with Gasteiger partial charge in [0, 0.05) is 18.4 Å². The van der Waals surface area contributed by atoms with E-state index in [2.05, 4.69) is 4.98 Å². The van der Waals surface area contributed by atoms with Crippen molar-refractivity contribution in [3.05, 3.63) is 29.1 Å². The van der Waals surface area contributed by atoms with Gasteiger partial charge in [0.1, 0.15) is 15.5 Å². The van der Waals surface area contributed by atoms with Crippen molar-refractivity contribution in [3.63, 3.8) is 0 Å². The van der Waals surface area contributed by atoms with Crippen LogP contribution < -0.4 is 0 Å². The molecule has 0 N–H and O–H groups in total. The number of hydrogen-bond acceptors (Lipinski definition) is 4. The summed E-state index contributed by atoms with van der Waals surface area (Å²) in [4.78, 5) is 16.0. The first-order valence-corrected chi connectivity index (χ1v) is 7.84. The molecule has 0 saturated heterocycles. The number of pyridine rings is 1. The van der Waals surface area contributed by atoms with E-state index in [1.165, 1.54) is 0 Å². The van der Waals surface area contributed by atoms with Crippen molar-refractivity contribution >= 4 is 15.6 Å². The Hall–Kier alpha value is -1.23. The van der Waals surface area contributed by atoms with E-state index in [4.69, 9.17) is 0 Å². The van der Waals surface area contributed by atoms with Crippen LogP contribution in [0.1, 0.15) is 41.4 Å². The summed E-state index contributed by atoms with van der Waals surface area (Å²) in [5, 5.41) is 0. The van der Waals surface area contributed by atoms with E-state index in [9.17, 15) is 13.2 Å². The molecule has 0 aliphatic heterocycles. The van der Waals surface area contributed by atoms with Gasteiger partial charge in [0.15, 0.2) is 5.78 Å². The lowest BCUT2D eigenvalue weighted by atomic mass is 10.1. The van der Waals surface area contributed by atoms with Crippen molar-refractivity contribution in [3.8, 4) is 0 Å². The molecule has 0 unspecified atom stereocenters. The Morgan fingerprint density at radius 3 is 2.56 bits per heavy atom. The van der Waals surface area contributed by atoms with Gasteiger partial charge in [-0.25, -0.2) is 8.42 Å². The summed E-state index contributed by atoms with van der Waals surface area (Å²) in [5.41, 5.74) is 2.31. The number of aryl methyl sites for hydroxylation is 2. The summed E-state index contributed by atoms with van der Waals surface area (Å²) in [5.74, 6) is 0.113. The quantitative estimate of drug-likeness (QED) is 0.742. The van der Waals surface area contributed by atoms with Crippen LogP contribution in [-0.4, -0.2) is 30.7 Å². The van der Waals surface area contributed by atoms with Gasteiger partial charge in [-0.2, -0.15) is 0 Å².